The van der Waals surface area contributed by atoms with Crippen LogP contribution >= 0.6 is 0 Å². The number of carbonyl (C=O) groups is 1. The minimum atomic E-state index is -4.66. The lowest BCUT2D eigenvalue weighted by Crippen LogP contribution is -2.29. The maximum atomic E-state index is 12.7. The Hall–Kier alpha value is -3.17. The van der Waals surface area contributed by atoms with E-state index < -0.39 is 22.4 Å². The summed E-state index contributed by atoms with van der Waals surface area (Å²) in [4.78, 5) is 25.8. The van der Waals surface area contributed by atoms with Crippen LogP contribution in [0.15, 0.2) is 42.7 Å². The Morgan fingerprint density at radius 3 is 2.63 bits per heavy atom. The van der Waals surface area contributed by atoms with E-state index in [4.69, 9.17) is 0 Å². The van der Waals surface area contributed by atoms with Gasteiger partial charge in [-0.1, -0.05) is 6.07 Å². The van der Waals surface area contributed by atoms with E-state index in [1.54, 1.807) is 18.5 Å². The number of anilines is 1. The van der Waals surface area contributed by atoms with E-state index >= 15 is 0 Å². The number of carbonyl (C=O) groups excluding carboxylic acids is 1. The van der Waals surface area contributed by atoms with Gasteiger partial charge >= 0.3 is 6.18 Å². The van der Waals surface area contributed by atoms with Crippen molar-refractivity contribution in [2.75, 3.05) is 18.4 Å². The molecule has 0 spiro atoms. The fraction of sp³-hybridized carbons (Fsp3) is 0.294. The number of hydrogen-bond donors (Lipinski definition) is 2. The Labute approximate surface area is 152 Å². The molecular formula is C17H17F3N4O3. The lowest BCUT2D eigenvalue weighted by Gasteiger charge is -2.11. The maximum absolute atomic E-state index is 12.7. The highest BCUT2D eigenvalue weighted by atomic mass is 19.4. The fourth-order valence-electron chi connectivity index (χ4n) is 2.30. The molecule has 7 nitrogen and oxygen atoms in total. The highest BCUT2D eigenvalue weighted by Crippen LogP contribution is 2.34. The molecule has 1 heterocycles. The number of aryl methyl sites for hydroxylation is 1. The van der Waals surface area contributed by atoms with Crippen molar-refractivity contribution >= 4 is 17.3 Å². The summed E-state index contributed by atoms with van der Waals surface area (Å²) in [6.07, 6.45) is -0.580. The molecule has 1 aromatic carbocycles. The Morgan fingerprint density at radius 2 is 2.00 bits per heavy atom. The molecule has 1 amide bonds. The molecule has 2 N–H and O–H groups in total. The molecule has 10 heteroatoms. The third-order valence-corrected chi connectivity index (χ3v) is 3.65. The lowest BCUT2D eigenvalue weighted by atomic mass is 10.1. The standard InChI is InChI=1S/C17H17F3N4O3/c18-17(19,20)13-4-5-14(15(10-13)24(26)27)22-8-9-23-16(25)6-3-12-2-1-7-21-11-12/h1-2,4-5,7,10-11,22H,3,6,8-9H2,(H,23,25). The van der Waals surface area contributed by atoms with Gasteiger partial charge in [-0.3, -0.25) is 19.9 Å². The SMILES string of the molecule is O=C(CCc1cccnc1)NCCNc1ccc(C(F)(F)F)cc1[N+](=O)[O-]. The van der Waals surface area contributed by atoms with Gasteiger partial charge in [0, 0.05) is 38.0 Å². The van der Waals surface area contributed by atoms with Crippen LogP contribution in [0, 0.1) is 10.1 Å². The van der Waals surface area contributed by atoms with E-state index in [0.717, 1.165) is 17.7 Å². The Balaban J connectivity index is 1.82. The summed E-state index contributed by atoms with van der Waals surface area (Å²) >= 11 is 0. The van der Waals surface area contributed by atoms with Gasteiger partial charge in [0.15, 0.2) is 0 Å². The van der Waals surface area contributed by atoms with Crippen molar-refractivity contribution < 1.29 is 22.9 Å². The van der Waals surface area contributed by atoms with E-state index in [0.29, 0.717) is 12.5 Å². The highest BCUT2D eigenvalue weighted by molar-refractivity contribution is 5.76. The summed E-state index contributed by atoms with van der Waals surface area (Å²) in [7, 11) is 0. The molecule has 0 saturated carbocycles. The quantitative estimate of drug-likeness (QED) is 0.415. The smallest absolute Gasteiger partial charge is 0.378 e. The van der Waals surface area contributed by atoms with Gasteiger partial charge in [0.1, 0.15) is 5.69 Å². The first-order valence-electron chi connectivity index (χ1n) is 8.02. The molecule has 0 aliphatic heterocycles. The molecule has 0 fully saturated rings. The monoisotopic (exact) mass is 382 g/mol. The third kappa shape index (κ3) is 6.24. The van der Waals surface area contributed by atoms with E-state index in [-0.39, 0.29) is 31.1 Å². The van der Waals surface area contributed by atoms with Gasteiger partial charge in [0.2, 0.25) is 5.91 Å². The number of amides is 1. The summed E-state index contributed by atoms with van der Waals surface area (Å²) in [6, 6.07) is 5.88. The third-order valence-electron chi connectivity index (χ3n) is 3.65. The van der Waals surface area contributed by atoms with Gasteiger partial charge in [-0.05, 0) is 30.2 Å². The molecule has 2 aromatic rings. The van der Waals surface area contributed by atoms with Crippen LogP contribution in [-0.4, -0.2) is 28.9 Å². The molecule has 1 aromatic heterocycles. The average molecular weight is 382 g/mol. The molecule has 144 valence electrons. The fourth-order valence-corrected chi connectivity index (χ4v) is 2.30. The molecule has 0 saturated heterocycles. The van der Waals surface area contributed by atoms with Gasteiger partial charge in [-0.25, -0.2) is 0 Å². The van der Waals surface area contributed by atoms with Gasteiger partial charge in [-0.15, -0.1) is 0 Å². The molecule has 0 aliphatic carbocycles. The number of nitrogens with zero attached hydrogens (tertiary/aromatic N) is 2. The number of aromatic nitrogens is 1. The number of halogens is 3. The zero-order valence-corrected chi connectivity index (χ0v) is 14.1. The second-order valence-corrected chi connectivity index (χ2v) is 5.62. The highest BCUT2D eigenvalue weighted by Gasteiger charge is 2.32. The molecule has 0 atom stereocenters. The van der Waals surface area contributed by atoms with Crippen LogP contribution in [0.1, 0.15) is 17.5 Å². The van der Waals surface area contributed by atoms with Crippen molar-refractivity contribution in [3.63, 3.8) is 0 Å². The number of nitro benzene ring substituents is 1. The maximum Gasteiger partial charge on any atom is 0.416 e. The lowest BCUT2D eigenvalue weighted by molar-refractivity contribution is -0.384. The van der Waals surface area contributed by atoms with Gasteiger partial charge in [-0.2, -0.15) is 13.2 Å². The second-order valence-electron chi connectivity index (χ2n) is 5.62. The van der Waals surface area contributed by atoms with Crippen molar-refractivity contribution in [3.8, 4) is 0 Å². The van der Waals surface area contributed by atoms with Crippen molar-refractivity contribution in [2.45, 2.75) is 19.0 Å². The van der Waals surface area contributed by atoms with Crippen molar-refractivity contribution in [1.82, 2.24) is 10.3 Å². The summed E-state index contributed by atoms with van der Waals surface area (Å²) in [6.45, 7) is 0.300. The van der Waals surface area contributed by atoms with Crippen LogP contribution in [0.5, 0.6) is 0 Å². The second kappa shape index (κ2) is 8.97. The number of alkyl halides is 3. The van der Waals surface area contributed by atoms with Crippen molar-refractivity contribution in [1.29, 1.82) is 0 Å². The van der Waals surface area contributed by atoms with Crippen LogP contribution in [0.3, 0.4) is 0 Å². The zero-order chi connectivity index (χ0) is 19.9. The summed E-state index contributed by atoms with van der Waals surface area (Å²) < 4.78 is 38.0. The predicted octanol–water partition coefficient (Wildman–Crippen LogP) is 3.17. The molecular weight excluding hydrogens is 365 g/mol. The largest absolute Gasteiger partial charge is 0.416 e. The minimum Gasteiger partial charge on any atom is -0.378 e. The van der Waals surface area contributed by atoms with Gasteiger partial charge in [0.05, 0.1) is 10.5 Å². The minimum absolute atomic E-state index is 0.0439. The summed E-state index contributed by atoms with van der Waals surface area (Å²) in [5.74, 6) is -0.206. The average Bonchev–Trinajstić information content (AvgIpc) is 2.63. The van der Waals surface area contributed by atoms with Gasteiger partial charge < -0.3 is 10.6 Å². The number of benzene rings is 1. The first kappa shape index (κ1) is 20.1. The number of hydrogen-bond acceptors (Lipinski definition) is 5. The van der Waals surface area contributed by atoms with Gasteiger partial charge in [0.25, 0.3) is 5.69 Å². The molecule has 27 heavy (non-hydrogen) atoms. The molecule has 2 rings (SSSR count). The van der Waals surface area contributed by atoms with E-state index in [2.05, 4.69) is 15.6 Å². The topological polar surface area (TPSA) is 97.2 Å². The van der Waals surface area contributed by atoms with E-state index in [1.807, 2.05) is 6.07 Å². The van der Waals surface area contributed by atoms with E-state index in [1.165, 1.54) is 0 Å². The number of pyridine rings is 1. The zero-order valence-electron chi connectivity index (χ0n) is 14.1. The van der Waals surface area contributed by atoms with Crippen molar-refractivity contribution in [3.05, 3.63) is 64.0 Å². The first-order valence-corrected chi connectivity index (χ1v) is 8.02. The van der Waals surface area contributed by atoms with Crippen LogP contribution < -0.4 is 10.6 Å². The Morgan fingerprint density at radius 1 is 1.22 bits per heavy atom. The number of nitro groups is 1. The first-order chi connectivity index (χ1) is 12.8. The number of nitrogens with one attached hydrogen (secondary N) is 2. The number of rotatable bonds is 8. The van der Waals surface area contributed by atoms with E-state index in [9.17, 15) is 28.1 Å². The molecule has 0 bridgehead atoms. The molecule has 0 unspecified atom stereocenters. The summed E-state index contributed by atoms with van der Waals surface area (Å²) in [5, 5.41) is 16.3. The van der Waals surface area contributed by atoms with Crippen LogP contribution in [0.2, 0.25) is 0 Å². The van der Waals surface area contributed by atoms with Crippen LogP contribution in [0.25, 0.3) is 0 Å². The Bertz CT molecular complexity index is 798. The Kier molecular flexibility index (Phi) is 6.69. The van der Waals surface area contributed by atoms with Crippen molar-refractivity contribution in [2.24, 2.45) is 0 Å². The molecule has 0 aliphatic rings. The van der Waals surface area contributed by atoms with Crippen LogP contribution in [-0.2, 0) is 17.4 Å². The summed E-state index contributed by atoms with van der Waals surface area (Å²) in [5.41, 5.74) is -0.889. The molecule has 0 radical (unpaired) electrons. The predicted molar refractivity (Wildman–Crippen MR) is 92.2 cm³/mol. The van der Waals surface area contributed by atoms with Crippen LogP contribution in [0.4, 0.5) is 24.5 Å². The normalized spacial score (nSPS) is 11.1.